The number of carbonyl (C=O) groups excluding carboxylic acids is 1. The van der Waals surface area contributed by atoms with Crippen LogP contribution in [-0.2, 0) is 0 Å². The summed E-state index contributed by atoms with van der Waals surface area (Å²) < 4.78 is 0. The summed E-state index contributed by atoms with van der Waals surface area (Å²) in [5.74, 6) is 0.199. The summed E-state index contributed by atoms with van der Waals surface area (Å²) in [6.07, 6.45) is 0.478. The molecule has 0 aromatic heterocycles. The van der Waals surface area contributed by atoms with Crippen LogP contribution in [0.4, 0.5) is 16.2 Å². The molecule has 0 spiro atoms. The van der Waals surface area contributed by atoms with E-state index in [2.05, 4.69) is 10.6 Å². The Morgan fingerprint density at radius 2 is 1.95 bits per heavy atom. The summed E-state index contributed by atoms with van der Waals surface area (Å²) in [6, 6.07) is 5.05. The highest BCUT2D eigenvalue weighted by Gasteiger charge is 2.15. The zero-order valence-corrected chi connectivity index (χ0v) is 11.5. The second-order valence-corrected chi connectivity index (χ2v) is 4.77. The Morgan fingerprint density at radius 3 is 2.40 bits per heavy atom. The van der Waals surface area contributed by atoms with Crippen LogP contribution in [0.15, 0.2) is 24.3 Å². The lowest BCUT2D eigenvalue weighted by molar-refractivity contribution is -0.384. The van der Waals surface area contributed by atoms with Gasteiger partial charge in [0.15, 0.2) is 0 Å². The van der Waals surface area contributed by atoms with Gasteiger partial charge in [-0.05, 0) is 24.5 Å². The van der Waals surface area contributed by atoms with Gasteiger partial charge in [-0.3, -0.25) is 10.1 Å². The van der Waals surface area contributed by atoms with Crippen LogP contribution >= 0.6 is 0 Å². The molecule has 1 aromatic rings. The van der Waals surface area contributed by atoms with E-state index >= 15 is 0 Å². The molecule has 0 bridgehead atoms. The van der Waals surface area contributed by atoms with Crippen LogP contribution in [-0.4, -0.2) is 28.7 Å². The number of hydrogen-bond donors (Lipinski definition) is 3. The van der Waals surface area contributed by atoms with E-state index in [4.69, 9.17) is 5.11 Å². The van der Waals surface area contributed by atoms with Crippen LogP contribution in [0, 0.1) is 16.0 Å². The standard InChI is InChI=1S/C13H19N3O4/c1-9(2)12(7-8-17)15-13(18)14-10-3-5-11(6-4-10)16(19)20/h3-6,9,12,17H,7-8H2,1-2H3,(H2,14,15,18)/t12-/m1/s1. The van der Waals surface area contributed by atoms with Crippen molar-refractivity contribution >= 4 is 17.4 Å². The Labute approximate surface area is 117 Å². The van der Waals surface area contributed by atoms with Crippen molar-refractivity contribution in [1.29, 1.82) is 0 Å². The maximum absolute atomic E-state index is 11.8. The number of nitrogens with zero attached hydrogens (tertiary/aromatic N) is 1. The van der Waals surface area contributed by atoms with Crippen LogP contribution in [0.25, 0.3) is 0 Å². The number of aliphatic hydroxyl groups excluding tert-OH is 1. The third kappa shape index (κ3) is 4.85. The second kappa shape index (κ2) is 7.44. The number of benzene rings is 1. The minimum Gasteiger partial charge on any atom is -0.396 e. The predicted octanol–water partition coefficient (Wildman–Crippen LogP) is 2.12. The number of non-ortho nitro benzene ring substituents is 1. The molecule has 110 valence electrons. The van der Waals surface area contributed by atoms with E-state index in [1.54, 1.807) is 0 Å². The molecule has 20 heavy (non-hydrogen) atoms. The quantitative estimate of drug-likeness (QED) is 0.548. The van der Waals surface area contributed by atoms with Gasteiger partial charge in [-0.2, -0.15) is 0 Å². The van der Waals surface area contributed by atoms with Gasteiger partial charge in [0.25, 0.3) is 5.69 Å². The first kappa shape index (κ1) is 15.9. The summed E-state index contributed by atoms with van der Waals surface area (Å²) in [7, 11) is 0. The maximum Gasteiger partial charge on any atom is 0.319 e. The normalized spacial score (nSPS) is 12.0. The third-order valence-corrected chi connectivity index (χ3v) is 2.90. The molecule has 0 fully saturated rings. The van der Waals surface area contributed by atoms with Crippen LogP contribution in [0.5, 0.6) is 0 Å². The fraction of sp³-hybridized carbons (Fsp3) is 0.462. The summed E-state index contributed by atoms with van der Waals surface area (Å²) >= 11 is 0. The molecule has 0 heterocycles. The first-order valence-electron chi connectivity index (χ1n) is 6.37. The minimum atomic E-state index is -0.500. The van der Waals surface area contributed by atoms with Gasteiger partial charge in [0.05, 0.1) is 4.92 Å². The van der Waals surface area contributed by atoms with Crippen molar-refractivity contribution in [2.24, 2.45) is 5.92 Å². The number of nitrogens with one attached hydrogen (secondary N) is 2. The third-order valence-electron chi connectivity index (χ3n) is 2.90. The monoisotopic (exact) mass is 281 g/mol. The van der Waals surface area contributed by atoms with Gasteiger partial charge in [-0.25, -0.2) is 4.79 Å². The lowest BCUT2D eigenvalue weighted by atomic mass is 10.0. The molecular weight excluding hydrogens is 262 g/mol. The number of carbonyl (C=O) groups is 1. The molecule has 0 saturated carbocycles. The second-order valence-electron chi connectivity index (χ2n) is 4.77. The van der Waals surface area contributed by atoms with Crippen molar-refractivity contribution in [3.63, 3.8) is 0 Å². The van der Waals surface area contributed by atoms with Crippen LogP contribution in [0.1, 0.15) is 20.3 Å². The Bertz CT molecular complexity index is 459. The number of hydrogen-bond acceptors (Lipinski definition) is 4. The van der Waals surface area contributed by atoms with E-state index in [-0.39, 0.29) is 24.3 Å². The van der Waals surface area contributed by atoms with Gasteiger partial charge in [-0.1, -0.05) is 13.8 Å². The minimum absolute atomic E-state index is 0.000653. The Kier molecular flexibility index (Phi) is 5.92. The highest BCUT2D eigenvalue weighted by Crippen LogP contribution is 2.15. The molecule has 7 nitrogen and oxygen atoms in total. The van der Waals surface area contributed by atoms with Gasteiger partial charge in [0.1, 0.15) is 0 Å². The number of nitro groups is 1. The van der Waals surface area contributed by atoms with E-state index in [1.165, 1.54) is 24.3 Å². The summed E-state index contributed by atoms with van der Waals surface area (Å²) in [5.41, 5.74) is 0.441. The average molecular weight is 281 g/mol. The molecular formula is C13H19N3O4. The van der Waals surface area contributed by atoms with Crippen LogP contribution < -0.4 is 10.6 Å². The van der Waals surface area contributed by atoms with Gasteiger partial charge >= 0.3 is 6.03 Å². The Morgan fingerprint density at radius 1 is 1.35 bits per heavy atom. The molecule has 0 saturated heterocycles. The molecule has 3 N–H and O–H groups in total. The molecule has 7 heteroatoms. The molecule has 2 amide bonds. The molecule has 0 radical (unpaired) electrons. The molecule has 0 aliphatic carbocycles. The number of rotatable bonds is 6. The highest BCUT2D eigenvalue weighted by molar-refractivity contribution is 5.89. The van der Waals surface area contributed by atoms with Crippen LogP contribution in [0.2, 0.25) is 0 Å². The number of anilines is 1. The van der Waals surface area contributed by atoms with Crippen molar-refractivity contribution in [3.05, 3.63) is 34.4 Å². The fourth-order valence-electron chi connectivity index (χ4n) is 1.71. The number of amides is 2. The van der Waals surface area contributed by atoms with Gasteiger partial charge < -0.3 is 15.7 Å². The molecule has 0 aliphatic heterocycles. The van der Waals surface area contributed by atoms with Crippen molar-refractivity contribution in [3.8, 4) is 0 Å². The van der Waals surface area contributed by atoms with Crippen LogP contribution in [0.3, 0.4) is 0 Å². The summed E-state index contributed by atoms with van der Waals surface area (Å²) in [4.78, 5) is 21.8. The predicted molar refractivity (Wildman–Crippen MR) is 75.6 cm³/mol. The van der Waals surface area contributed by atoms with Crippen molar-refractivity contribution in [2.75, 3.05) is 11.9 Å². The highest BCUT2D eigenvalue weighted by atomic mass is 16.6. The topological polar surface area (TPSA) is 104 Å². The first-order chi connectivity index (χ1) is 9.43. The maximum atomic E-state index is 11.8. The van der Waals surface area contributed by atoms with E-state index in [9.17, 15) is 14.9 Å². The summed E-state index contributed by atoms with van der Waals surface area (Å²) in [6.45, 7) is 3.90. The summed E-state index contributed by atoms with van der Waals surface area (Å²) in [5, 5.41) is 24.8. The van der Waals surface area contributed by atoms with Crippen molar-refractivity contribution < 1.29 is 14.8 Å². The van der Waals surface area contributed by atoms with E-state index in [1.807, 2.05) is 13.8 Å². The Hall–Kier alpha value is -2.15. The van der Waals surface area contributed by atoms with Gasteiger partial charge in [0.2, 0.25) is 0 Å². The number of nitro benzene ring substituents is 1. The van der Waals surface area contributed by atoms with E-state index in [0.29, 0.717) is 12.1 Å². The fourth-order valence-corrected chi connectivity index (χ4v) is 1.71. The van der Waals surface area contributed by atoms with Crippen molar-refractivity contribution in [2.45, 2.75) is 26.3 Å². The van der Waals surface area contributed by atoms with E-state index in [0.717, 1.165) is 0 Å². The molecule has 1 atom stereocenters. The average Bonchev–Trinajstić information content (AvgIpc) is 2.38. The lowest BCUT2D eigenvalue weighted by Crippen LogP contribution is -2.41. The van der Waals surface area contributed by atoms with Gasteiger partial charge in [-0.15, -0.1) is 0 Å². The van der Waals surface area contributed by atoms with E-state index < -0.39 is 11.0 Å². The molecule has 0 unspecified atom stereocenters. The zero-order valence-electron chi connectivity index (χ0n) is 11.5. The van der Waals surface area contributed by atoms with Gasteiger partial charge in [0, 0.05) is 30.5 Å². The smallest absolute Gasteiger partial charge is 0.319 e. The number of aliphatic hydroxyl groups is 1. The largest absolute Gasteiger partial charge is 0.396 e. The lowest BCUT2D eigenvalue weighted by Gasteiger charge is -2.21. The zero-order chi connectivity index (χ0) is 15.1. The number of urea groups is 1. The first-order valence-corrected chi connectivity index (χ1v) is 6.37. The van der Waals surface area contributed by atoms with Crippen molar-refractivity contribution in [1.82, 2.24) is 5.32 Å². The molecule has 1 rings (SSSR count). The molecule has 0 aliphatic rings. The molecule has 1 aromatic carbocycles. The Balaban J connectivity index is 2.59. The SMILES string of the molecule is CC(C)[C@@H](CCO)NC(=O)Nc1ccc([N+](=O)[O-])cc1.